The van der Waals surface area contributed by atoms with Crippen LogP contribution < -0.4 is 5.32 Å². The Labute approximate surface area is 112 Å². The van der Waals surface area contributed by atoms with Gasteiger partial charge in [-0.3, -0.25) is 9.36 Å². The Kier molecular flexibility index (Phi) is 3.73. The Hall–Kier alpha value is -1.33. The van der Waals surface area contributed by atoms with Gasteiger partial charge in [-0.05, 0) is 27.0 Å². The summed E-state index contributed by atoms with van der Waals surface area (Å²) in [7, 11) is 3.83. The number of rotatable bonds is 4. The molecular weight excluding hydrogens is 250 g/mol. The van der Waals surface area contributed by atoms with Gasteiger partial charge in [-0.1, -0.05) is 11.6 Å². The van der Waals surface area contributed by atoms with E-state index < -0.39 is 0 Å². The molecule has 0 radical (unpaired) electrons. The molecule has 2 rings (SSSR count). The molecule has 1 N–H and O–H groups in total. The van der Waals surface area contributed by atoms with Crippen LogP contribution in [0.25, 0.3) is 0 Å². The molecule has 0 aliphatic heterocycles. The van der Waals surface area contributed by atoms with Gasteiger partial charge in [0.15, 0.2) is 0 Å². The molecule has 0 fully saturated rings. The Morgan fingerprint density at radius 1 is 1.33 bits per heavy atom. The smallest absolute Gasteiger partial charge is 0.0931 e. The maximum absolute atomic E-state index is 6.28. The van der Waals surface area contributed by atoms with Gasteiger partial charge in [-0.25, -0.2) is 0 Å². The molecule has 0 saturated heterocycles. The highest BCUT2D eigenvalue weighted by atomic mass is 35.5. The van der Waals surface area contributed by atoms with Gasteiger partial charge in [0.1, 0.15) is 0 Å². The van der Waals surface area contributed by atoms with Gasteiger partial charge < -0.3 is 5.32 Å². The minimum atomic E-state index is -0.0186. The Morgan fingerprint density at radius 2 is 2.06 bits per heavy atom. The molecule has 0 spiro atoms. The van der Waals surface area contributed by atoms with Crippen LogP contribution in [0.2, 0.25) is 5.02 Å². The second-order valence-electron chi connectivity index (χ2n) is 4.52. The summed E-state index contributed by atoms with van der Waals surface area (Å²) in [6.45, 7) is 4.17. The fourth-order valence-electron chi connectivity index (χ4n) is 2.12. The number of nitrogens with one attached hydrogen (secondary N) is 1. The van der Waals surface area contributed by atoms with E-state index in [1.165, 1.54) is 0 Å². The third kappa shape index (κ3) is 2.15. The standard InChI is InChI=1S/C12H18ClN5/c1-8(2)18-12(9(13)7-16-18)11(14-3)10-5-6-15-17(10)4/h5-8,11,14H,1-4H3. The van der Waals surface area contributed by atoms with Crippen LogP contribution in [0, 0.1) is 0 Å². The highest BCUT2D eigenvalue weighted by Gasteiger charge is 2.24. The monoisotopic (exact) mass is 267 g/mol. The van der Waals surface area contributed by atoms with E-state index in [2.05, 4.69) is 29.4 Å². The van der Waals surface area contributed by atoms with Crippen LogP contribution in [0.3, 0.4) is 0 Å². The molecule has 1 unspecified atom stereocenters. The largest absolute Gasteiger partial charge is 0.307 e. The van der Waals surface area contributed by atoms with Gasteiger partial charge in [0, 0.05) is 19.3 Å². The van der Waals surface area contributed by atoms with Crippen molar-refractivity contribution in [2.45, 2.75) is 25.9 Å². The summed E-state index contributed by atoms with van der Waals surface area (Å²) in [5.41, 5.74) is 2.03. The van der Waals surface area contributed by atoms with Crippen LogP contribution in [-0.2, 0) is 7.05 Å². The molecular formula is C12H18ClN5. The molecule has 0 bridgehead atoms. The summed E-state index contributed by atoms with van der Waals surface area (Å²) >= 11 is 6.28. The number of aromatic nitrogens is 4. The van der Waals surface area contributed by atoms with Crippen LogP contribution in [0.15, 0.2) is 18.5 Å². The van der Waals surface area contributed by atoms with Crippen LogP contribution >= 0.6 is 11.6 Å². The molecule has 0 saturated carbocycles. The van der Waals surface area contributed by atoms with Gasteiger partial charge in [0.05, 0.1) is 28.6 Å². The van der Waals surface area contributed by atoms with E-state index in [0.29, 0.717) is 5.02 Å². The maximum Gasteiger partial charge on any atom is 0.0931 e. The predicted octanol–water partition coefficient (Wildman–Crippen LogP) is 2.16. The minimum Gasteiger partial charge on any atom is -0.307 e. The fourth-order valence-corrected chi connectivity index (χ4v) is 2.36. The summed E-state index contributed by atoms with van der Waals surface area (Å²) in [5, 5.41) is 12.5. The van der Waals surface area contributed by atoms with Crippen LogP contribution in [0.1, 0.15) is 37.3 Å². The van der Waals surface area contributed by atoms with Crippen molar-refractivity contribution in [3.8, 4) is 0 Å². The van der Waals surface area contributed by atoms with Crippen LogP contribution in [0.5, 0.6) is 0 Å². The highest BCUT2D eigenvalue weighted by molar-refractivity contribution is 6.31. The van der Waals surface area contributed by atoms with Gasteiger partial charge in [-0.15, -0.1) is 0 Å². The first-order valence-corrected chi connectivity index (χ1v) is 6.32. The van der Waals surface area contributed by atoms with Gasteiger partial charge >= 0.3 is 0 Å². The maximum atomic E-state index is 6.28. The lowest BCUT2D eigenvalue weighted by molar-refractivity contribution is 0.474. The molecule has 6 heteroatoms. The average Bonchev–Trinajstić information content (AvgIpc) is 2.89. The molecule has 2 aromatic rings. The van der Waals surface area contributed by atoms with E-state index in [1.807, 2.05) is 29.5 Å². The van der Waals surface area contributed by atoms with Crippen molar-refractivity contribution in [3.05, 3.63) is 34.9 Å². The lowest BCUT2D eigenvalue weighted by Crippen LogP contribution is -2.24. The van der Waals surface area contributed by atoms with E-state index >= 15 is 0 Å². The Bertz CT molecular complexity index is 528. The van der Waals surface area contributed by atoms with Crippen molar-refractivity contribution < 1.29 is 0 Å². The van der Waals surface area contributed by atoms with E-state index in [4.69, 9.17) is 11.6 Å². The molecule has 0 aromatic carbocycles. The van der Waals surface area contributed by atoms with Crippen molar-refractivity contribution in [1.82, 2.24) is 24.9 Å². The highest BCUT2D eigenvalue weighted by Crippen LogP contribution is 2.29. The lowest BCUT2D eigenvalue weighted by Gasteiger charge is -2.20. The Balaban J connectivity index is 2.52. The molecule has 2 aromatic heterocycles. The minimum absolute atomic E-state index is 0.0186. The summed E-state index contributed by atoms with van der Waals surface area (Å²) in [4.78, 5) is 0. The number of nitrogens with zero attached hydrogens (tertiary/aromatic N) is 4. The number of halogens is 1. The second-order valence-corrected chi connectivity index (χ2v) is 4.92. The molecule has 18 heavy (non-hydrogen) atoms. The fraction of sp³-hybridized carbons (Fsp3) is 0.500. The first kappa shape index (κ1) is 13.1. The molecule has 98 valence electrons. The molecule has 0 aliphatic rings. The van der Waals surface area contributed by atoms with E-state index in [1.54, 1.807) is 12.4 Å². The quantitative estimate of drug-likeness (QED) is 0.924. The zero-order valence-electron chi connectivity index (χ0n) is 11.1. The number of hydrogen-bond acceptors (Lipinski definition) is 3. The summed E-state index contributed by atoms with van der Waals surface area (Å²) in [5.74, 6) is 0. The summed E-state index contributed by atoms with van der Waals surface area (Å²) in [6.07, 6.45) is 3.47. The second kappa shape index (κ2) is 5.12. The molecule has 0 aliphatic carbocycles. The normalized spacial score (nSPS) is 13.2. The summed E-state index contributed by atoms with van der Waals surface area (Å²) < 4.78 is 3.78. The molecule has 2 heterocycles. The van der Waals surface area contributed by atoms with Gasteiger partial charge in [0.2, 0.25) is 0 Å². The van der Waals surface area contributed by atoms with Crippen molar-refractivity contribution >= 4 is 11.6 Å². The summed E-state index contributed by atoms with van der Waals surface area (Å²) in [6, 6.07) is 2.22. The lowest BCUT2D eigenvalue weighted by atomic mass is 10.1. The third-order valence-electron chi connectivity index (χ3n) is 2.99. The van der Waals surface area contributed by atoms with E-state index in [9.17, 15) is 0 Å². The average molecular weight is 268 g/mol. The first-order chi connectivity index (χ1) is 8.56. The van der Waals surface area contributed by atoms with Gasteiger partial charge in [-0.2, -0.15) is 10.2 Å². The first-order valence-electron chi connectivity index (χ1n) is 5.94. The SMILES string of the molecule is CNC(c1ccnn1C)c1c(Cl)cnn1C(C)C. The van der Waals surface area contributed by atoms with Crippen molar-refractivity contribution in [3.63, 3.8) is 0 Å². The Morgan fingerprint density at radius 3 is 2.56 bits per heavy atom. The van der Waals surface area contributed by atoms with Gasteiger partial charge in [0.25, 0.3) is 0 Å². The van der Waals surface area contributed by atoms with E-state index in [-0.39, 0.29) is 12.1 Å². The third-order valence-corrected chi connectivity index (χ3v) is 3.28. The van der Waals surface area contributed by atoms with Crippen LogP contribution in [0.4, 0.5) is 0 Å². The van der Waals surface area contributed by atoms with Crippen molar-refractivity contribution in [2.24, 2.45) is 7.05 Å². The zero-order chi connectivity index (χ0) is 13.3. The van der Waals surface area contributed by atoms with Crippen molar-refractivity contribution in [2.75, 3.05) is 7.05 Å². The predicted molar refractivity (Wildman–Crippen MR) is 71.7 cm³/mol. The van der Waals surface area contributed by atoms with E-state index in [0.717, 1.165) is 11.4 Å². The van der Waals surface area contributed by atoms with Crippen molar-refractivity contribution in [1.29, 1.82) is 0 Å². The zero-order valence-corrected chi connectivity index (χ0v) is 11.8. The molecule has 1 atom stereocenters. The number of aryl methyl sites for hydroxylation is 1. The topological polar surface area (TPSA) is 47.7 Å². The number of hydrogen-bond donors (Lipinski definition) is 1. The molecule has 0 amide bonds. The molecule has 5 nitrogen and oxygen atoms in total. The van der Waals surface area contributed by atoms with Crippen LogP contribution in [-0.4, -0.2) is 26.6 Å².